The van der Waals surface area contributed by atoms with Crippen molar-refractivity contribution in [1.29, 1.82) is 0 Å². The van der Waals surface area contributed by atoms with Crippen LogP contribution >= 0.6 is 0 Å². The van der Waals surface area contributed by atoms with Crippen molar-refractivity contribution in [2.45, 2.75) is 32.7 Å². The lowest BCUT2D eigenvalue weighted by Crippen LogP contribution is -2.36. The minimum atomic E-state index is -0.405. The van der Waals surface area contributed by atoms with Gasteiger partial charge < -0.3 is 24.4 Å². The van der Waals surface area contributed by atoms with Gasteiger partial charge in [0.05, 0.1) is 13.2 Å². The highest BCUT2D eigenvalue weighted by Crippen LogP contribution is 2.32. The topological polar surface area (TPSA) is 90.0 Å². The predicted molar refractivity (Wildman–Crippen MR) is 165 cm³/mol. The lowest BCUT2D eigenvalue weighted by Gasteiger charge is -2.29. The fourth-order valence-corrected chi connectivity index (χ4v) is 5.48. The molecule has 1 N–H and O–H groups in total. The number of carbonyl (C=O) groups excluding carboxylic acids is 2. The van der Waals surface area contributed by atoms with Gasteiger partial charge in [-0.25, -0.2) is 4.39 Å². The number of fused-ring (bicyclic) bond motifs is 1. The van der Waals surface area contributed by atoms with Gasteiger partial charge in [0.25, 0.3) is 5.91 Å². The van der Waals surface area contributed by atoms with Crippen LogP contribution in [0.25, 0.3) is 11.1 Å². The molecule has 0 unspecified atom stereocenters. The first-order valence-electron chi connectivity index (χ1n) is 14.8. The van der Waals surface area contributed by atoms with E-state index in [2.05, 4.69) is 16.4 Å². The average Bonchev–Trinajstić information content (AvgIpc) is 3.53. The molecule has 226 valence electrons. The number of carbonyl (C=O) groups is 2. The smallest absolute Gasteiger partial charge is 0.251 e. The largest absolute Gasteiger partial charge is 0.454 e. The molecule has 44 heavy (non-hydrogen) atoms. The van der Waals surface area contributed by atoms with E-state index in [0.717, 1.165) is 33.6 Å². The minimum Gasteiger partial charge on any atom is -0.454 e. The third kappa shape index (κ3) is 6.89. The molecular weight excluding hydrogens is 561 g/mol. The van der Waals surface area contributed by atoms with Crippen molar-refractivity contribution in [3.63, 3.8) is 0 Å². The molecule has 8 nitrogen and oxygen atoms in total. The standard InChI is InChI=1S/C35H34FN3O5/c1-23-31(26-6-8-27(9-7-26)35(41)38-21-25-5-10-33-34(16-25)44-22-43-33)15-24(20-37-23)3-2-4-32(40)28-17-29(36)19-30(18-28)39-11-13-42-14-12-39/h5-10,15-20H,2-4,11-14,21-22H2,1H3,(H,38,41). The number of morpholine rings is 1. The lowest BCUT2D eigenvalue weighted by molar-refractivity contribution is 0.0948. The highest BCUT2D eigenvalue weighted by molar-refractivity contribution is 5.97. The summed E-state index contributed by atoms with van der Waals surface area (Å²) >= 11 is 0. The molecule has 9 heteroatoms. The van der Waals surface area contributed by atoms with Crippen LogP contribution in [0.5, 0.6) is 11.5 Å². The van der Waals surface area contributed by atoms with Gasteiger partial charge in [0, 0.05) is 60.3 Å². The summed E-state index contributed by atoms with van der Waals surface area (Å²) in [7, 11) is 0. The summed E-state index contributed by atoms with van der Waals surface area (Å²) in [5.41, 5.74) is 6.41. The molecule has 1 aromatic heterocycles. The molecular formula is C35H34FN3O5. The number of nitrogens with zero attached hydrogens (tertiary/aromatic N) is 2. The van der Waals surface area contributed by atoms with E-state index in [1.54, 1.807) is 18.2 Å². The molecule has 0 spiro atoms. The number of anilines is 1. The number of rotatable bonds is 10. The summed E-state index contributed by atoms with van der Waals surface area (Å²) in [6.45, 7) is 5.08. The van der Waals surface area contributed by atoms with E-state index in [-0.39, 0.29) is 18.5 Å². The maximum Gasteiger partial charge on any atom is 0.251 e. The fourth-order valence-electron chi connectivity index (χ4n) is 5.48. The fraction of sp³-hybridized carbons (Fsp3) is 0.286. The van der Waals surface area contributed by atoms with Crippen LogP contribution in [0.2, 0.25) is 0 Å². The number of ether oxygens (including phenoxy) is 3. The van der Waals surface area contributed by atoms with Crippen LogP contribution in [-0.4, -0.2) is 49.8 Å². The molecule has 2 aliphatic rings. The van der Waals surface area contributed by atoms with Gasteiger partial charge in [-0.3, -0.25) is 14.6 Å². The first-order chi connectivity index (χ1) is 21.4. The van der Waals surface area contributed by atoms with E-state index in [4.69, 9.17) is 14.2 Å². The number of hydrogen-bond acceptors (Lipinski definition) is 7. The van der Waals surface area contributed by atoms with E-state index in [1.807, 2.05) is 48.4 Å². The number of aryl methyl sites for hydroxylation is 2. The normalized spacial score (nSPS) is 14.0. The van der Waals surface area contributed by atoms with Crippen molar-refractivity contribution in [1.82, 2.24) is 10.3 Å². The van der Waals surface area contributed by atoms with Crippen molar-refractivity contribution in [2.75, 3.05) is 38.0 Å². The summed E-state index contributed by atoms with van der Waals surface area (Å²) in [5.74, 6) is 0.742. The Morgan fingerprint density at radius 2 is 1.70 bits per heavy atom. The van der Waals surface area contributed by atoms with Crippen LogP contribution in [0.15, 0.2) is 72.9 Å². The average molecular weight is 596 g/mol. The number of nitrogens with one attached hydrogen (secondary N) is 1. The van der Waals surface area contributed by atoms with Crippen LogP contribution in [0.1, 0.15) is 50.4 Å². The number of pyridine rings is 1. The molecule has 0 radical (unpaired) electrons. The molecule has 3 aromatic carbocycles. The number of Topliss-reactive ketones (excluding diaryl/α,β-unsaturated/α-hetero) is 1. The number of hydrogen-bond donors (Lipinski definition) is 1. The summed E-state index contributed by atoms with van der Waals surface area (Å²) in [4.78, 5) is 32.4. The maximum atomic E-state index is 14.3. The third-order valence-corrected chi connectivity index (χ3v) is 7.94. The zero-order chi connectivity index (χ0) is 30.5. The van der Waals surface area contributed by atoms with Crippen molar-refractivity contribution < 1.29 is 28.2 Å². The lowest BCUT2D eigenvalue weighted by atomic mass is 9.98. The second kappa shape index (κ2) is 13.3. The van der Waals surface area contributed by atoms with Crippen molar-refractivity contribution in [3.05, 3.63) is 107 Å². The SMILES string of the molecule is Cc1ncc(CCCC(=O)c2cc(F)cc(N3CCOCC3)c2)cc1-c1ccc(C(=O)NCc2ccc3c(c2)OCO3)cc1. The number of halogens is 1. The van der Waals surface area contributed by atoms with Gasteiger partial charge in [-0.15, -0.1) is 0 Å². The molecule has 0 saturated carbocycles. The Morgan fingerprint density at radius 3 is 2.52 bits per heavy atom. The van der Waals surface area contributed by atoms with E-state index in [1.165, 1.54) is 12.1 Å². The van der Waals surface area contributed by atoms with Crippen LogP contribution in [0.4, 0.5) is 10.1 Å². The van der Waals surface area contributed by atoms with Gasteiger partial charge in [-0.2, -0.15) is 0 Å². The molecule has 2 aliphatic heterocycles. The number of aromatic nitrogens is 1. The number of benzene rings is 3. The highest BCUT2D eigenvalue weighted by Gasteiger charge is 2.17. The summed E-state index contributed by atoms with van der Waals surface area (Å²) in [6, 6.07) is 19.7. The molecule has 0 bridgehead atoms. The van der Waals surface area contributed by atoms with Crippen LogP contribution < -0.4 is 19.7 Å². The molecule has 1 fully saturated rings. The Kier molecular flexibility index (Phi) is 8.84. The first kappa shape index (κ1) is 29.3. The van der Waals surface area contributed by atoms with Crippen LogP contribution in [0, 0.1) is 12.7 Å². The first-order valence-corrected chi connectivity index (χ1v) is 14.8. The van der Waals surface area contributed by atoms with Gasteiger partial charge >= 0.3 is 0 Å². The Hall–Kier alpha value is -4.76. The molecule has 0 atom stereocenters. The Labute approximate surface area is 255 Å². The van der Waals surface area contributed by atoms with Crippen molar-refractivity contribution in [2.24, 2.45) is 0 Å². The van der Waals surface area contributed by atoms with E-state index in [9.17, 15) is 14.0 Å². The molecule has 0 aliphatic carbocycles. The van der Waals surface area contributed by atoms with Gasteiger partial charge in [-0.1, -0.05) is 18.2 Å². The third-order valence-electron chi connectivity index (χ3n) is 7.94. The Morgan fingerprint density at radius 1 is 0.909 bits per heavy atom. The summed E-state index contributed by atoms with van der Waals surface area (Å²) in [6.07, 6.45) is 3.43. The second-order valence-corrected chi connectivity index (χ2v) is 11.0. The number of ketones is 1. The summed E-state index contributed by atoms with van der Waals surface area (Å²) < 4.78 is 30.5. The number of amides is 1. The highest BCUT2D eigenvalue weighted by atomic mass is 19.1. The Bertz CT molecular complexity index is 1670. The van der Waals surface area contributed by atoms with Gasteiger partial charge in [0.2, 0.25) is 6.79 Å². The van der Waals surface area contributed by atoms with Gasteiger partial charge in [-0.05, 0) is 85.0 Å². The van der Waals surface area contributed by atoms with E-state index >= 15 is 0 Å². The van der Waals surface area contributed by atoms with E-state index < -0.39 is 5.82 Å². The maximum absolute atomic E-state index is 14.3. The quantitative estimate of drug-likeness (QED) is 0.229. The predicted octanol–water partition coefficient (Wildman–Crippen LogP) is 5.90. The second-order valence-electron chi connectivity index (χ2n) is 11.0. The Balaban J connectivity index is 1.04. The molecule has 1 amide bonds. The van der Waals surface area contributed by atoms with Crippen molar-refractivity contribution >= 4 is 17.4 Å². The van der Waals surface area contributed by atoms with Crippen LogP contribution in [0.3, 0.4) is 0 Å². The minimum absolute atomic E-state index is 0.0771. The monoisotopic (exact) mass is 595 g/mol. The molecule has 1 saturated heterocycles. The van der Waals surface area contributed by atoms with Crippen molar-refractivity contribution in [3.8, 4) is 22.6 Å². The van der Waals surface area contributed by atoms with E-state index in [0.29, 0.717) is 74.7 Å². The van der Waals surface area contributed by atoms with Gasteiger partial charge in [0.15, 0.2) is 17.3 Å². The van der Waals surface area contributed by atoms with Crippen LogP contribution in [-0.2, 0) is 17.7 Å². The zero-order valence-corrected chi connectivity index (χ0v) is 24.6. The summed E-state index contributed by atoms with van der Waals surface area (Å²) in [5, 5.41) is 2.95. The van der Waals surface area contributed by atoms with Gasteiger partial charge in [0.1, 0.15) is 5.82 Å². The molecule has 4 aromatic rings. The molecule has 3 heterocycles. The zero-order valence-electron chi connectivity index (χ0n) is 24.6. The molecule has 6 rings (SSSR count).